The summed E-state index contributed by atoms with van der Waals surface area (Å²) in [5.74, 6) is 0. The second-order valence-electron chi connectivity index (χ2n) is 4.16. The quantitative estimate of drug-likeness (QED) is 0.705. The lowest BCUT2D eigenvalue weighted by Crippen LogP contribution is -2.37. The van der Waals surface area contributed by atoms with E-state index in [0.29, 0.717) is 13.0 Å². The Balaban J connectivity index is 1.92. The minimum atomic E-state index is -0.432. The maximum absolute atomic E-state index is 11.6. The van der Waals surface area contributed by atoms with Crippen molar-refractivity contribution in [2.75, 3.05) is 6.61 Å². The monoisotopic (exact) mass is 224 g/mol. The van der Waals surface area contributed by atoms with Crippen LogP contribution in [0.3, 0.4) is 0 Å². The van der Waals surface area contributed by atoms with Gasteiger partial charge in [0.15, 0.2) is 0 Å². The van der Waals surface area contributed by atoms with Crippen LogP contribution in [0.5, 0.6) is 0 Å². The third kappa shape index (κ3) is 1.60. The summed E-state index contributed by atoms with van der Waals surface area (Å²) in [4.78, 5) is 24.7. The smallest absolute Gasteiger partial charge is 0.330 e. The minimum absolute atomic E-state index is 0.0718. The molecule has 2 aliphatic rings. The predicted octanol–water partition coefficient (Wildman–Crippen LogP) is -0.387. The largest absolute Gasteiger partial charge is 0.375 e. The van der Waals surface area contributed by atoms with Crippen molar-refractivity contribution in [1.82, 2.24) is 9.55 Å². The van der Waals surface area contributed by atoms with Crippen molar-refractivity contribution in [3.05, 3.63) is 33.1 Å². The predicted molar refractivity (Wildman–Crippen MR) is 54.2 cm³/mol. The number of aromatic amines is 1. The molecular formula is C10H12N2O4. The number of aromatic nitrogens is 2. The molecule has 2 fully saturated rings. The number of nitrogens with zero attached hydrogens (tertiary/aromatic N) is 1. The van der Waals surface area contributed by atoms with E-state index in [-0.39, 0.29) is 18.4 Å². The van der Waals surface area contributed by atoms with Gasteiger partial charge >= 0.3 is 5.69 Å². The Hall–Kier alpha value is -1.40. The Labute approximate surface area is 90.8 Å². The molecule has 2 aliphatic heterocycles. The van der Waals surface area contributed by atoms with Gasteiger partial charge < -0.3 is 9.47 Å². The van der Waals surface area contributed by atoms with Crippen molar-refractivity contribution >= 4 is 0 Å². The van der Waals surface area contributed by atoms with Crippen LogP contribution in [0, 0.1) is 0 Å². The highest BCUT2D eigenvalue weighted by Crippen LogP contribution is 2.32. The van der Waals surface area contributed by atoms with E-state index in [1.165, 1.54) is 16.8 Å². The van der Waals surface area contributed by atoms with Gasteiger partial charge in [0.25, 0.3) is 5.56 Å². The molecule has 3 unspecified atom stereocenters. The summed E-state index contributed by atoms with van der Waals surface area (Å²) >= 11 is 0. The topological polar surface area (TPSA) is 73.3 Å². The maximum Gasteiger partial charge on any atom is 0.330 e. The highest BCUT2D eigenvalue weighted by molar-refractivity contribution is 4.88. The van der Waals surface area contributed by atoms with E-state index >= 15 is 0 Å². The maximum atomic E-state index is 11.6. The van der Waals surface area contributed by atoms with E-state index < -0.39 is 11.2 Å². The summed E-state index contributed by atoms with van der Waals surface area (Å²) in [7, 11) is 0. The van der Waals surface area contributed by atoms with Gasteiger partial charge in [-0.05, 0) is 0 Å². The van der Waals surface area contributed by atoms with Crippen molar-refractivity contribution in [3.8, 4) is 0 Å². The van der Waals surface area contributed by atoms with Crippen molar-refractivity contribution in [1.29, 1.82) is 0 Å². The molecule has 6 heteroatoms. The first kappa shape index (κ1) is 9.80. The number of H-pyrrole nitrogens is 1. The fourth-order valence-electron chi connectivity index (χ4n) is 2.27. The van der Waals surface area contributed by atoms with Crippen LogP contribution in [0.25, 0.3) is 0 Å². The molecule has 0 aromatic carbocycles. The molecule has 1 aromatic rings. The summed E-state index contributed by atoms with van der Waals surface area (Å²) in [5, 5.41) is 0. The molecule has 1 N–H and O–H groups in total. The van der Waals surface area contributed by atoms with Gasteiger partial charge in [-0.2, -0.15) is 0 Å². The van der Waals surface area contributed by atoms with Crippen LogP contribution in [0.15, 0.2) is 21.9 Å². The zero-order chi connectivity index (χ0) is 11.1. The summed E-state index contributed by atoms with van der Waals surface area (Å²) in [5.41, 5.74) is -0.824. The minimum Gasteiger partial charge on any atom is -0.375 e. The van der Waals surface area contributed by atoms with Crippen molar-refractivity contribution in [2.24, 2.45) is 0 Å². The first-order valence-corrected chi connectivity index (χ1v) is 5.31. The lowest BCUT2D eigenvalue weighted by Gasteiger charge is -2.27. The fraction of sp³-hybridized carbons (Fsp3) is 0.600. The average molecular weight is 224 g/mol. The number of fused-ring (bicyclic) bond motifs is 2. The molecule has 0 amide bonds. The Morgan fingerprint density at radius 2 is 2.19 bits per heavy atom. The molecule has 0 saturated carbocycles. The Kier molecular flexibility index (Phi) is 2.19. The van der Waals surface area contributed by atoms with Crippen LogP contribution < -0.4 is 11.2 Å². The first-order chi connectivity index (χ1) is 7.72. The van der Waals surface area contributed by atoms with Gasteiger partial charge in [-0.1, -0.05) is 0 Å². The second kappa shape index (κ2) is 3.57. The lowest BCUT2D eigenvalue weighted by molar-refractivity contribution is -0.0745. The van der Waals surface area contributed by atoms with Gasteiger partial charge in [0.05, 0.1) is 18.8 Å². The van der Waals surface area contributed by atoms with E-state index in [2.05, 4.69) is 4.98 Å². The number of hydrogen-bond donors (Lipinski definition) is 1. The van der Waals surface area contributed by atoms with E-state index in [9.17, 15) is 9.59 Å². The number of nitrogens with one attached hydrogen (secondary N) is 1. The zero-order valence-electron chi connectivity index (χ0n) is 8.59. The Morgan fingerprint density at radius 1 is 1.31 bits per heavy atom. The van der Waals surface area contributed by atoms with Crippen molar-refractivity contribution < 1.29 is 9.47 Å². The first-order valence-electron chi connectivity index (χ1n) is 5.31. The summed E-state index contributed by atoms with van der Waals surface area (Å²) in [6.07, 6.45) is 2.94. The van der Waals surface area contributed by atoms with Gasteiger partial charge in [0.1, 0.15) is 6.23 Å². The van der Waals surface area contributed by atoms with Gasteiger partial charge in [-0.15, -0.1) is 0 Å². The Bertz CT molecular complexity index is 494. The van der Waals surface area contributed by atoms with Crippen molar-refractivity contribution in [3.63, 3.8) is 0 Å². The Morgan fingerprint density at radius 3 is 2.94 bits per heavy atom. The molecule has 0 aliphatic carbocycles. The molecule has 2 bridgehead atoms. The van der Waals surface area contributed by atoms with E-state index in [0.717, 1.165) is 6.42 Å². The molecule has 6 nitrogen and oxygen atoms in total. The van der Waals surface area contributed by atoms with E-state index in [1.807, 2.05) is 0 Å². The van der Waals surface area contributed by atoms with Crippen molar-refractivity contribution in [2.45, 2.75) is 31.3 Å². The van der Waals surface area contributed by atoms with Crippen LogP contribution in [0.1, 0.15) is 19.1 Å². The summed E-state index contributed by atoms with van der Waals surface area (Å²) < 4.78 is 12.6. The number of ether oxygens (including phenoxy) is 2. The SMILES string of the molecule is O=c1ccn(C2CC3CC(CO3)O2)c(=O)[nH]1. The molecule has 86 valence electrons. The van der Waals surface area contributed by atoms with Crippen LogP contribution in [-0.2, 0) is 9.47 Å². The normalized spacial score (nSPS) is 32.9. The van der Waals surface area contributed by atoms with Crippen LogP contribution in [0.2, 0.25) is 0 Å². The standard InChI is InChI=1S/C10H12N2O4/c13-8-1-2-12(10(14)11-8)9-4-6-3-7(16-9)5-15-6/h1-2,6-7,9H,3-5H2,(H,11,13,14). The molecular weight excluding hydrogens is 212 g/mol. The third-order valence-electron chi connectivity index (χ3n) is 3.02. The lowest BCUT2D eigenvalue weighted by atomic mass is 10.1. The summed E-state index contributed by atoms with van der Waals surface area (Å²) in [6, 6.07) is 1.32. The van der Waals surface area contributed by atoms with Crippen LogP contribution in [0.4, 0.5) is 0 Å². The summed E-state index contributed by atoms with van der Waals surface area (Å²) in [6.45, 7) is 0.596. The highest BCUT2D eigenvalue weighted by atomic mass is 16.6. The second-order valence-corrected chi connectivity index (χ2v) is 4.16. The molecule has 2 saturated heterocycles. The number of rotatable bonds is 1. The van der Waals surface area contributed by atoms with Gasteiger partial charge in [-0.3, -0.25) is 14.3 Å². The third-order valence-corrected chi connectivity index (χ3v) is 3.02. The molecule has 3 rings (SSSR count). The van der Waals surface area contributed by atoms with Crippen LogP contribution in [-0.4, -0.2) is 28.4 Å². The zero-order valence-corrected chi connectivity index (χ0v) is 8.59. The average Bonchev–Trinajstić information content (AvgIpc) is 2.58. The molecule has 0 radical (unpaired) electrons. The van der Waals surface area contributed by atoms with Gasteiger partial charge in [0, 0.05) is 25.1 Å². The van der Waals surface area contributed by atoms with Gasteiger partial charge in [0.2, 0.25) is 0 Å². The molecule has 3 atom stereocenters. The van der Waals surface area contributed by atoms with E-state index in [1.54, 1.807) is 0 Å². The number of hydrogen-bond acceptors (Lipinski definition) is 4. The highest BCUT2D eigenvalue weighted by Gasteiger charge is 2.36. The fourth-order valence-corrected chi connectivity index (χ4v) is 2.27. The van der Waals surface area contributed by atoms with Crippen LogP contribution >= 0.6 is 0 Å². The molecule has 0 spiro atoms. The van der Waals surface area contributed by atoms with Gasteiger partial charge in [-0.25, -0.2) is 4.79 Å². The molecule has 16 heavy (non-hydrogen) atoms. The molecule has 1 aromatic heterocycles. The molecule has 3 heterocycles. The van der Waals surface area contributed by atoms with E-state index in [4.69, 9.17) is 9.47 Å².